The molecule has 5 heteroatoms. The molecule has 1 N–H and O–H groups in total. The molecule has 0 bridgehead atoms. The average Bonchev–Trinajstić information content (AvgIpc) is 2.28. The molecule has 1 heterocycles. The molecular formula is C14H22N2O3. The van der Waals surface area contributed by atoms with Gasteiger partial charge in [0.2, 0.25) is 0 Å². The highest BCUT2D eigenvalue weighted by Gasteiger charge is 2.18. The summed E-state index contributed by atoms with van der Waals surface area (Å²) in [6.07, 6.45) is 2.81. The van der Waals surface area contributed by atoms with Crippen molar-refractivity contribution in [2.75, 3.05) is 0 Å². The lowest BCUT2D eigenvalue weighted by atomic mass is 10.0. The van der Waals surface area contributed by atoms with Crippen molar-refractivity contribution in [1.82, 2.24) is 9.55 Å². The van der Waals surface area contributed by atoms with Crippen LogP contribution < -0.4 is 5.56 Å². The molecule has 106 valence electrons. The van der Waals surface area contributed by atoms with Crippen molar-refractivity contribution in [3.05, 3.63) is 27.9 Å². The summed E-state index contributed by atoms with van der Waals surface area (Å²) in [6, 6.07) is 0. The van der Waals surface area contributed by atoms with Crippen LogP contribution in [0.25, 0.3) is 0 Å². The molecule has 0 aliphatic carbocycles. The fraction of sp³-hybridized carbons (Fsp3) is 0.643. The van der Waals surface area contributed by atoms with E-state index in [1.54, 1.807) is 0 Å². The zero-order chi connectivity index (χ0) is 14.6. The summed E-state index contributed by atoms with van der Waals surface area (Å²) >= 11 is 0. The van der Waals surface area contributed by atoms with Crippen LogP contribution in [-0.4, -0.2) is 20.6 Å². The normalized spacial score (nSPS) is 11.3. The van der Waals surface area contributed by atoms with E-state index < -0.39 is 11.5 Å². The van der Waals surface area contributed by atoms with E-state index in [-0.39, 0.29) is 11.5 Å². The second-order valence-corrected chi connectivity index (χ2v) is 5.66. The van der Waals surface area contributed by atoms with Gasteiger partial charge in [0.1, 0.15) is 5.56 Å². The second-order valence-electron chi connectivity index (χ2n) is 5.66. The number of aromatic carboxylic acids is 1. The van der Waals surface area contributed by atoms with Crippen molar-refractivity contribution >= 4 is 5.97 Å². The largest absolute Gasteiger partial charge is 0.477 e. The van der Waals surface area contributed by atoms with Crippen molar-refractivity contribution in [1.29, 1.82) is 0 Å². The molecule has 0 saturated heterocycles. The van der Waals surface area contributed by atoms with Gasteiger partial charge in [-0.3, -0.25) is 9.36 Å². The molecule has 19 heavy (non-hydrogen) atoms. The Hall–Kier alpha value is -1.65. The Morgan fingerprint density at radius 3 is 2.42 bits per heavy atom. The van der Waals surface area contributed by atoms with Crippen LogP contribution in [-0.2, 0) is 13.0 Å². The molecule has 0 fully saturated rings. The number of rotatable bonds is 6. The van der Waals surface area contributed by atoms with Gasteiger partial charge in [0.25, 0.3) is 5.56 Å². The number of carbonyl (C=O) groups is 1. The summed E-state index contributed by atoms with van der Waals surface area (Å²) < 4.78 is 1.38. The van der Waals surface area contributed by atoms with E-state index in [9.17, 15) is 14.7 Å². The monoisotopic (exact) mass is 266 g/mol. The average molecular weight is 266 g/mol. The Balaban J connectivity index is 3.16. The Morgan fingerprint density at radius 2 is 1.95 bits per heavy atom. The summed E-state index contributed by atoms with van der Waals surface area (Å²) in [5.74, 6) is -0.474. The number of aromatic nitrogens is 2. The third-order valence-corrected chi connectivity index (χ3v) is 2.85. The maximum atomic E-state index is 12.2. The van der Waals surface area contributed by atoms with E-state index in [1.807, 2.05) is 13.8 Å². The first-order chi connectivity index (χ1) is 8.82. The molecule has 0 spiro atoms. The van der Waals surface area contributed by atoms with Gasteiger partial charge in [0.05, 0.1) is 12.0 Å². The molecule has 0 atom stereocenters. The van der Waals surface area contributed by atoms with E-state index >= 15 is 0 Å². The third kappa shape index (κ3) is 4.19. The number of nitrogens with zero attached hydrogens (tertiary/aromatic N) is 2. The summed E-state index contributed by atoms with van der Waals surface area (Å²) in [5.41, 5.74) is -0.232. The van der Waals surface area contributed by atoms with Gasteiger partial charge in [-0.25, -0.2) is 9.78 Å². The van der Waals surface area contributed by atoms with Crippen molar-refractivity contribution in [3.8, 4) is 0 Å². The van der Waals surface area contributed by atoms with Crippen molar-refractivity contribution in [2.24, 2.45) is 11.8 Å². The highest BCUT2D eigenvalue weighted by atomic mass is 16.4. The maximum absolute atomic E-state index is 12.2. The predicted molar refractivity (Wildman–Crippen MR) is 73.5 cm³/mol. The van der Waals surface area contributed by atoms with Gasteiger partial charge in [0, 0.05) is 6.54 Å². The molecular weight excluding hydrogens is 244 g/mol. The predicted octanol–water partition coefficient (Wildman–Crippen LogP) is 2.19. The summed E-state index contributed by atoms with van der Waals surface area (Å²) in [7, 11) is 0. The molecule has 0 saturated carbocycles. The quantitative estimate of drug-likeness (QED) is 0.856. The molecule has 1 aromatic heterocycles. The van der Waals surface area contributed by atoms with Gasteiger partial charge in [0.15, 0.2) is 0 Å². The first-order valence-electron chi connectivity index (χ1n) is 6.64. The van der Waals surface area contributed by atoms with Crippen LogP contribution in [0.4, 0.5) is 0 Å². The van der Waals surface area contributed by atoms with Gasteiger partial charge in [-0.05, 0) is 24.7 Å². The van der Waals surface area contributed by atoms with E-state index in [0.29, 0.717) is 24.6 Å². The van der Waals surface area contributed by atoms with E-state index in [0.717, 1.165) is 6.42 Å². The molecule has 5 nitrogen and oxygen atoms in total. The smallest absolute Gasteiger partial charge is 0.343 e. The van der Waals surface area contributed by atoms with E-state index in [4.69, 9.17) is 0 Å². The molecule has 0 aliphatic heterocycles. The molecule has 0 aliphatic rings. The summed E-state index contributed by atoms with van der Waals surface area (Å²) in [6.45, 7) is 8.54. The van der Waals surface area contributed by atoms with Crippen molar-refractivity contribution in [2.45, 2.75) is 47.1 Å². The van der Waals surface area contributed by atoms with Crippen LogP contribution in [0.5, 0.6) is 0 Å². The second kappa shape index (κ2) is 6.50. The number of carboxylic acid groups (broad SMARTS) is 1. The standard InChI is InChI=1S/C14H22N2O3/c1-9(2)5-6-11-12(14(18)19)13(17)16(8-15-11)7-10(3)4/h8-10H,5-7H2,1-4H3,(H,18,19). The van der Waals surface area contributed by atoms with Crippen LogP contribution in [0.1, 0.15) is 50.2 Å². The van der Waals surface area contributed by atoms with Gasteiger partial charge in [-0.2, -0.15) is 0 Å². The molecule has 1 rings (SSSR count). The third-order valence-electron chi connectivity index (χ3n) is 2.85. The van der Waals surface area contributed by atoms with Crippen molar-refractivity contribution in [3.63, 3.8) is 0 Å². The van der Waals surface area contributed by atoms with Crippen LogP contribution in [0.3, 0.4) is 0 Å². The number of hydrogen-bond donors (Lipinski definition) is 1. The fourth-order valence-corrected chi connectivity index (χ4v) is 1.88. The van der Waals surface area contributed by atoms with Gasteiger partial charge < -0.3 is 5.11 Å². The Morgan fingerprint density at radius 1 is 1.32 bits per heavy atom. The highest BCUT2D eigenvalue weighted by molar-refractivity contribution is 5.88. The lowest BCUT2D eigenvalue weighted by Crippen LogP contribution is -2.30. The Labute approximate surface area is 113 Å². The molecule has 0 unspecified atom stereocenters. The first-order valence-corrected chi connectivity index (χ1v) is 6.64. The van der Waals surface area contributed by atoms with Crippen LogP contribution >= 0.6 is 0 Å². The zero-order valence-corrected chi connectivity index (χ0v) is 12.0. The number of hydrogen-bond acceptors (Lipinski definition) is 3. The zero-order valence-electron chi connectivity index (χ0n) is 12.0. The number of aryl methyl sites for hydroxylation is 1. The molecule has 0 radical (unpaired) electrons. The lowest BCUT2D eigenvalue weighted by Gasteiger charge is -2.12. The van der Waals surface area contributed by atoms with Gasteiger partial charge >= 0.3 is 5.97 Å². The molecule has 1 aromatic rings. The first kappa shape index (κ1) is 15.4. The molecule has 0 amide bonds. The Bertz CT molecular complexity index is 504. The van der Waals surface area contributed by atoms with Crippen LogP contribution in [0, 0.1) is 11.8 Å². The highest BCUT2D eigenvalue weighted by Crippen LogP contribution is 2.09. The maximum Gasteiger partial charge on any atom is 0.343 e. The van der Waals surface area contributed by atoms with E-state index in [1.165, 1.54) is 10.9 Å². The fourth-order valence-electron chi connectivity index (χ4n) is 1.88. The summed E-state index contributed by atoms with van der Waals surface area (Å²) in [5, 5.41) is 9.22. The van der Waals surface area contributed by atoms with Gasteiger partial charge in [-0.1, -0.05) is 27.7 Å². The van der Waals surface area contributed by atoms with E-state index in [2.05, 4.69) is 18.8 Å². The van der Waals surface area contributed by atoms with Crippen LogP contribution in [0.15, 0.2) is 11.1 Å². The van der Waals surface area contributed by atoms with Gasteiger partial charge in [-0.15, -0.1) is 0 Å². The minimum absolute atomic E-state index is 0.177. The minimum atomic E-state index is -1.19. The molecule has 0 aromatic carbocycles. The topological polar surface area (TPSA) is 72.2 Å². The minimum Gasteiger partial charge on any atom is -0.477 e. The Kier molecular flexibility index (Phi) is 5.27. The lowest BCUT2D eigenvalue weighted by molar-refractivity contribution is 0.0692. The number of carboxylic acids is 1. The summed E-state index contributed by atoms with van der Waals surface area (Å²) in [4.78, 5) is 27.6. The van der Waals surface area contributed by atoms with Crippen molar-refractivity contribution < 1.29 is 9.90 Å². The SMILES string of the molecule is CC(C)CCc1ncn(CC(C)C)c(=O)c1C(=O)O. The van der Waals surface area contributed by atoms with Crippen LogP contribution in [0.2, 0.25) is 0 Å².